The van der Waals surface area contributed by atoms with Gasteiger partial charge in [-0.05, 0) is 36.4 Å². The van der Waals surface area contributed by atoms with Crippen LogP contribution in [0, 0.1) is 0 Å². The van der Waals surface area contributed by atoms with Crippen molar-refractivity contribution in [3.05, 3.63) is 48.7 Å². The number of fused-ring (bicyclic) bond motifs is 1. The van der Waals surface area contributed by atoms with Gasteiger partial charge in [0, 0.05) is 22.8 Å². The van der Waals surface area contributed by atoms with Gasteiger partial charge in [-0.25, -0.2) is 14.4 Å². The second-order valence-corrected chi connectivity index (χ2v) is 10.0. The number of nitrogens with one attached hydrogen (secondary N) is 1. The van der Waals surface area contributed by atoms with Crippen molar-refractivity contribution in [3.8, 4) is 11.3 Å². The lowest BCUT2D eigenvalue weighted by Crippen LogP contribution is -2.63. The molecular formula is C19H19FN4OS3. The van der Waals surface area contributed by atoms with Gasteiger partial charge in [-0.2, -0.15) is 0 Å². The Morgan fingerprint density at radius 3 is 2.64 bits per heavy atom. The molecule has 2 aromatic heterocycles. The summed E-state index contributed by atoms with van der Waals surface area (Å²) < 4.78 is 11.8. The number of thiol groups is 3. The number of benzene rings is 1. The first-order valence-electron chi connectivity index (χ1n) is 8.61. The largest absolute Gasteiger partial charge is 0.383 e. The molecule has 2 N–H and O–H groups in total. The highest BCUT2D eigenvalue weighted by Crippen LogP contribution is 2.32. The summed E-state index contributed by atoms with van der Waals surface area (Å²) >= 11 is 12.6. The van der Waals surface area contributed by atoms with Gasteiger partial charge in [-0.3, -0.25) is 0 Å². The quantitative estimate of drug-likeness (QED) is 0.314. The Bertz CT molecular complexity index is 1020. The van der Waals surface area contributed by atoms with Gasteiger partial charge in [0.2, 0.25) is 0 Å². The number of rotatable bonds is 5. The molecule has 0 unspecified atom stereocenters. The molecule has 3 aromatic rings. The third-order valence-electron chi connectivity index (χ3n) is 4.61. The molecule has 5 nitrogen and oxygen atoms in total. The molecule has 1 aliphatic heterocycles. The van der Waals surface area contributed by atoms with E-state index < -0.39 is 15.8 Å². The number of alkyl halides is 1. The van der Waals surface area contributed by atoms with E-state index in [0.29, 0.717) is 18.9 Å². The van der Waals surface area contributed by atoms with Gasteiger partial charge < -0.3 is 15.3 Å². The zero-order chi connectivity index (χ0) is 19.9. The minimum Gasteiger partial charge on any atom is -0.383 e. The minimum absolute atomic E-state index is 0.302. The van der Waals surface area contributed by atoms with Crippen LogP contribution >= 0.6 is 37.9 Å². The number of hydrogen-bond acceptors (Lipinski definition) is 8. The van der Waals surface area contributed by atoms with Crippen LogP contribution in [0.25, 0.3) is 22.2 Å². The van der Waals surface area contributed by atoms with Crippen molar-refractivity contribution in [1.29, 1.82) is 0 Å². The first-order chi connectivity index (χ1) is 13.2. The molecule has 4 rings (SSSR count). The number of anilines is 2. The van der Waals surface area contributed by atoms with E-state index >= 15 is 0 Å². The fourth-order valence-electron chi connectivity index (χ4n) is 3.23. The number of halogens is 1. The van der Waals surface area contributed by atoms with Gasteiger partial charge in [0.15, 0.2) is 3.54 Å². The Balaban J connectivity index is 1.59. The number of β-amino-alcohol motifs (C(OH)–C–C–N with tert-alkyl or cyclic N) is 1. The lowest BCUT2D eigenvalue weighted by molar-refractivity contribution is -0.00981. The van der Waals surface area contributed by atoms with Crippen molar-refractivity contribution in [2.75, 3.05) is 30.0 Å². The van der Waals surface area contributed by atoms with E-state index in [-0.39, 0.29) is 0 Å². The molecule has 1 aliphatic rings. The molecule has 28 heavy (non-hydrogen) atoms. The number of pyridine rings is 2. The van der Waals surface area contributed by atoms with E-state index in [1.165, 1.54) is 0 Å². The fraction of sp³-hybridized carbons (Fsp3) is 0.263. The molecule has 0 bridgehead atoms. The van der Waals surface area contributed by atoms with Crippen molar-refractivity contribution < 1.29 is 9.50 Å². The second-order valence-electron chi connectivity index (χ2n) is 6.98. The molecule has 1 saturated heterocycles. The molecule has 0 amide bonds. The highest BCUT2D eigenvalue weighted by Gasteiger charge is 2.41. The van der Waals surface area contributed by atoms with Gasteiger partial charge in [0.05, 0.1) is 24.3 Å². The van der Waals surface area contributed by atoms with Gasteiger partial charge in [-0.1, -0.05) is 6.07 Å². The predicted octanol–water partition coefficient (Wildman–Crippen LogP) is 3.63. The highest BCUT2D eigenvalue weighted by atomic mass is 32.2. The Labute approximate surface area is 178 Å². The Morgan fingerprint density at radius 2 is 1.93 bits per heavy atom. The molecule has 0 aliphatic carbocycles. The monoisotopic (exact) mass is 434 g/mol. The molecule has 146 valence electrons. The first-order valence-corrected chi connectivity index (χ1v) is 9.95. The zero-order valence-corrected chi connectivity index (χ0v) is 17.4. The van der Waals surface area contributed by atoms with E-state index in [4.69, 9.17) is 4.98 Å². The first kappa shape index (κ1) is 19.6. The zero-order valence-electron chi connectivity index (χ0n) is 14.7. The topological polar surface area (TPSA) is 61.3 Å². The molecule has 3 heterocycles. The molecular weight excluding hydrogens is 415 g/mol. The second kappa shape index (κ2) is 7.29. The predicted molar refractivity (Wildman–Crippen MR) is 121 cm³/mol. The maximum Gasteiger partial charge on any atom is 0.171 e. The van der Waals surface area contributed by atoms with Crippen molar-refractivity contribution >= 4 is 60.3 Å². The molecule has 0 radical (unpaired) electrons. The summed E-state index contributed by atoms with van der Waals surface area (Å²) in [7, 11) is 0. The Morgan fingerprint density at radius 1 is 1.14 bits per heavy atom. The summed E-state index contributed by atoms with van der Waals surface area (Å²) in [5, 5.41) is 13.8. The van der Waals surface area contributed by atoms with Crippen molar-refractivity contribution in [2.45, 2.75) is 9.14 Å². The van der Waals surface area contributed by atoms with Crippen LogP contribution in [0.15, 0.2) is 48.7 Å². The SMILES string of the molecule is OC1(CF)CN(c2ccc3nc(-c4ccnc(NC(S)(S)S)c4)ccc3c2)C1. The number of nitrogens with zero attached hydrogens (tertiary/aromatic N) is 3. The van der Waals surface area contributed by atoms with Crippen molar-refractivity contribution in [1.82, 2.24) is 9.97 Å². The summed E-state index contributed by atoms with van der Waals surface area (Å²) in [4.78, 5) is 10.9. The normalized spacial score (nSPS) is 16.1. The van der Waals surface area contributed by atoms with E-state index in [1.54, 1.807) is 6.20 Å². The van der Waals surface area contributed by atoms with E-state index in [1.807, 2.05) is 47.4 Å². The molecule has 1 fully saturated rings. The van der Waals surface area contributed by atoms with Crippen LogP contribution in [0.3, 0.4) is 0 Å². The maximum atomic E-state index is 12.8. The lowest BCUT2D eigenvalue weighted by atomic mass is 9.95. The van der Waals surface area contributed by atoms with Crippen LogP contribution in [-0.4, -0.2) is 44.0 Å². The molecule has 1 aromatic carbocycles. The van der Waals surface area contributed by atoms with Gasteiger partial charge in [-0.15, -0.1) is 37.9 Å². The maximum absolute atomic E-state index is 12.8. The van der Waals surface area contributed by atoms with Crippen LogP contribution < -0.4 is 10.2 Å². The average molecular weight is 435 g/mol. The van der Waals surface area contributed by atoms with Crippen LogP contribution in [0.5, 0.6) is 0 Å². The summed E-state index contributed by atoms with van der Waals surface area (Å²) in [5.41, 5.74) is 2.29. The molecule has 9 heteroatoms. The van der Waals surface area contributed by atoms with E-state index in [9.17, 15) is 9.50 Å². The highest BCUT2D eigenvalue weighted by molar-refractivity contribution is 8.17. The Hall–Kier alpha value is -1.68. The number of aliphatic hydroxyl groups is 1. The minimum atomic E-state index is -1.21. The summed E-state index contributed by atoms with van der Waals surface area (Å²) in [6.45, 7) is -0.119. The summed E-state index contributed by atoms with van der Waals surface area (Å²) in [6.07, 6.45) is 1.68. The van der Waals surface area contributed by atoms with E-state index in [0.717, 1.165) is 27.8 Å². The third-order valence-corrected chi connectivity index (χ3v) is 4.94. The van der Waals surface area contributed by atoms with Gasteiger partial charge >= 0.3 is 0 Å². The molecule has 0 saturated carbocycles. The smallest absolute Gasteiger partial charge is 0.171 e. The van der Waals surface area contributed by atoms with E-state index in [2.05, 4.69) is 48.2 Å². The standard InChI is InChI=1S/C19H19FN4OS3/c20-9-18(25)10-24(11-18)14-2-4-16-12(7-14)1-3-15(22-16)13-5-6-21-17(8-13)23-19(26,27)28/h1-8,25-28H,9-11H2,(H,21,23). The van der Waals surface area contributed by atoms with Crippen LogP contribution in [0.2, 0.25) is 0 Å². The average Bonchev–Trinajstić information content (AvgIpc) is 2.63. The van der Waals surface area contributed by atoms with Crippen molar-refractivity contribution in [2.24, 2.45) is 0 Å². The van der Waals surface area contributed by atoms with Crippen molar-refractivity contribution in [3.63, 3.8) is 0 Å². The Kier molecular flexibility index (Phi) is 5.11. The van der Waals surface area contributed by atoms with Crippen LogP contribution in [-0.2, 0) is 0 Å². The number of aromatic nitrogens is 2. The van der Waals surface area contributed by atoms with Crippen LogP contribution in [0.4, 0.5) is 15.9 Å². The van der Waals surface area contributed by atoms with Crippen LogP contribution in [0.1, 0.15) is 0 Å². The molecule has 0 spiro atoms. The summed E-state index contributed by atoms with van der Waals surface area (Å²) in [5.74, 6) is 0.591. The van der Waals surface area contributed by atoms with Gasteiger partial charge in [0.1, 0.15) is 18.1 Å². The molecule has 0 atom stereocenters. The lowest BCUT2D eigenvalue weighted by Gasteiger charge is -2.46. The number of hydrogen-bond donors (Lipinski definition) is 5. The van der Waals surface area contributed by atoms with Gasteiger partial charge in [0.25, 0.3) is 0 Å². The fourth-order valence-corrected chi connectivity index (χ4v) is 3.58. The third kappa shape index (κ3) is 4.17. The summed E-state index contributed by atoms with van der Waals surface area (Å²) in [6, 6.07) is 13.5.